The molecule has 0 aromatic rings. The van der Waals surface area contributed by atoms with Crippen molar-refractivity contribution in [3.8, 4) is 0 Å². The van der Waals surface area contributed by atoms with E-state index in [1.807, 2.05) is 0 Å². The largest absolute Gasteiger partial charge is 0.465 e. The third-order valence-electron chi connectivity index (χ3n) is 2.25. The molecule has 1 atom stereocenters. The maximum absolute atomic E-state index is 11.0. The predicted molar refractivity (Wildman–Crippen MR) is 48.8 cm³/mol. The van der Waals surface area contributed by atoms with Crippen molar-refractivity contribution in [3.05, 3.63) is 0 Å². The summed E-state index contributed by atoms with van der Waals surface area (Å²) in [7, 11) is 0. The van der Waals surface area contributed by atoms with Crippen LogP contribution >= 0.6 is 0 Å². The molecule has 0 aromatic heterocycles. The Morgan fingerprint density at radius 1 is 1.50 bits per heavy atom. The van der Waals surface area contributed by atoms with Gasteiger partial charge in [-0.2, -0.15) is 0 Å². The second kappa shape index (κ2) is 4.83. The van der Waals surface area contributed by atoms with Crippen LogP contribution in [0.25, 0.3) is 0 Å². The van der Waals surface area contributed by atoms with E-state index in [9.17, 15) is 9.59 Å². The van der Waals surface area contributed by atoms with E-state index in [2.05, 4.69) is 0 Å². The summed E-state index contributed by atoms with van der Waals surface area (Å²) in [4.78, 5) is 23.0. The third kappa shape index (κ3) is 2.61. The number of esters is 1. The summed E-state index contributed by atoms with van der Waals surface area (Å²) in [6.07, 6.45) is 1.05. The fraction of sp³-hybridized carbons (Fsp3) is 0.778. The number of hydrogen-bond acceptors (Lipinski definition) is 3. The van der Waals surface area contributed by atoms with Crippen molar-refractivity contribution < 1.29 is 19.4 Å². The summed E-state index contributed by atoms with van der Waals surface area (Å²) in [5.41, 5.74) is 0. The van der Waals surface area contributed by atoms with Gasteiger partial charge in [0.1, 0.15) is 0 Å². The van der Waals surface area contributed by atoms with Gasteiger partial charge < -0.3 is 9.84 Å². The van der Waals surface area contributed by atoms with Crippen molar-refractivity contribution in [1.82, 2.24) is 4.90 Å². The minimum Gasteiger partial charge on any atom is -0.465 e. The first kappa shape index (κ1) is 10.8. The number of carboxylic acid groups (broad SMARTS) is 1. The van der Waals surface area contributed by atoms with Gasteiger partial charge in [0.25, 0.3) is 0 Å². The minimum absolute atomic E-state index is 0.282. The molecule has 1 N–H and O–H groups in total. The average Bonchev–Trinajstić information content (AvgIpc) is 2.18. The number of nitrogens with zero attached hydrogens (tertiary/aromatic N) is 1. The Morgan fingerprint density at radius 3 is 2.79 bits per heavy atom. The van der Waals surface area contributed by atoms with Gasteiger partial charge in [0.15, 0.2) is 6.23 Å². The van der Waals surface area contributed by atoms with Crippen LogP contribution in [0.3, 0.4) is 0 Å². The molecule has 14 heavy (non-hydrogen) atoms. The number of ether oxygens (including phenoxy) is 1. The molecule has 1 amide bonds. The second-order valence-electron chi connectivity index (χ2n) is 3.27. The first-order valence-corrected chi connectivity index (χ1v) is 4.84. The first-order chi connectivity index (χ1) is 6.65. The normalized spacial score (nSPS) is 21.8. The number of carbonyl (C=O) groups excluding carboxylic acids is 1. The Kier molecular flexibility index (Phi) is 3.73. The molecule has 0 aromatic carbocycles. The van der Waals surface area contributed by atoms with Gasteiger partial charge in [-0.05, 0) is 12.8 Å². The smallest absolute Gasteiger partial charge is 0.410 e. The van der Waals surface area contributed by atoms with Crippen molar-refractivity contribution in [1.29, 1.82) is 0 Å². The van der Waals surface area contributed by atoms with Gasteiger partial charge in [0.2, 0.25) is 0 Å². The Bertz CT molecular complexity index is 229. The highest BCUT2D eigenvalue weighted by molar-refractivity contribution is 5.70. The highest BCUT2D eigenvalue weighted by Gasteiger charge is 2.28. The summed E-state index contributed by atoms with van der Waals surface area (Å²) < 4.78 is 5.02. The van der Waals surface area contributed by atoms with Gasteiger partial charge in [-0.3, -0.25) is 9.69 Å². The molecule has 1 aliphatic heterocycles. The van der Waals surface area contributed by atoms with Crippen molar-refractivity contribution in [2.45, 2.75) is 38.8 Å². The van der Waals surface area contributed by atoms with Gasteiger partial charge in [-0.1, -0.05) is 6.92 Å². The standard InChI is InChI=1S/C9H15NO4/c1-2-8(11)14-7-5-3-4-6-10(7)9(12)13/h7H,2-6H2,1H3,(H,12,13). The molecule has 0 spiro atoms. The highest BCUT2D eigenvalue weighted by atomic mass is 16.6. The molecule has 0 bridgehead atoms. The van der Waals surface area contributed by atoms with E-state index < -0.39 is 12.3 Å². The van der Waals surface area contributed by atoms with Crippen LogP contribution < -0.4 is 0 Å². The summed E-state index contributed by atoms with van der Waals surface area (Å²) in [6.45, 7) is 2.15. The lowest BCUT2D eigenvalue weighted by atomic mass is 10.1. The van der Waals surface area contributed by atoms with Crippen LogP contribution in [-0.4, -0.2) is 34.8 Å². The summed E-state index contributed by atoms with van der Waals surface area (Å²) in [6, 6.07) is 0. The molecule has 0 aliphatic carbocycles. The summed E-state index contributed by atoms with van der Waals surface area (Å²) in [5, 5.41) is 8.83. The Hall–Kier alpha value is -1.26. The molecule has 5 heteroatoms. The average molecular weight is 201 g/mol. The molecule has 1 rings (SSSR count). The predicted octanol–water partition coefficient (Wildman–Crippen LogP) is 1.43. The minimum atomic E-state index is -1.02. The Morgan fingerprint density at radius 2 is 2.21 bits per heavy atom. The number of carbonyl (C=O) groups is 2. The van der Waals surface area contributed by atoms with Crippen molar-refractivity contribution in [2.75, 3.05) is 6.54 Å². The van der Waals surface area contributed by atoms with Crippen LogP contribution in [-0.2, 0) is 9.53 Å². The van der Waals surface area contributed by atoms with E-state index in [0.29, 0.717) is 13.0 Å². The van der Waals surface area contributed by atoms with Crippen molar-refractivity contribution in [2.24, 2.45) is 0 Å². The van der Waals surface area contributed by atoms with Gasteiger partial charge in [0, 0.05) is 19.4 Å². The first-order valence-electron chi connectivity index (χ1n) is 4.84. The van der Waals surface area contributed by atoms with E-state index in [4.69, 9.17) is 9.84 Å². The molecule has 1 fully saturated rings. The molecule has 1 saturated heterocycles. The third-order valence-corrected chi connectivity index (χ3v) is 2.25. The maximum Gasteiger partial charge on any atom is 0.410 e. The van der Waals surface area contributed by atoms with E-state index >= 15 is 0 Å². The molecule has 1 heterocycles. The number of piperidine rings is 1. The molecule has 5 nitrogen and oxygen atoms in total. The molecular formula is C9H15NO4. The lowest BCUT2D eigenvalue weighted by Crippen LogP contribution is -2.45. The number of likely N-dealkylation sites (tertiary alicyclic amines) is 1. The van der Waals surface area contributed by atoms with E-state index in [1.54, 1.807) is 6.92 Å². The zero-order chi connectivity index (χ0) is 10.6. The van der Waals surface area contributed by atoms with E-state index in [0.717, 1.165) is 12.8 Å². The molecule has 0 radical (unpaired) electrons. The zero-order valence-electron chi connectivity index (χ0n) is 8.23. The summed E-state index contributed by atoms with van der Waals surface area (Å²) in [5.74, 6) is -0.344. The molecule has 1 aliphatic rings. The monoisotopic (exact) mass is 201 g/mol. The highest BCUT2D eigenvalue weighted by Crippen LogP contribution is 2.18. The fourth-order valence-corrected chi connectivity index (χ4v) is 1.48. The fourth-order valence-electron chi connectivity index (χ4n) is 1.48. The topological polar surface area (TPSA) is 66.8 Å². The Labute approximate surface area is 82.6 Å². The van der Waals surface area contributed by atoms with Gasteiger partial charge in [-0.15, -0.1) is 0 Å². The molecule has 1 unspecified atom stereocenters. The van der Waals surface area contributed by atoms with Gasteiger partial charge in [0.05, 0.1) is 0 Å². The number of hydrogen-bond donors (Lipinski definition) is 1. The quantitative estimate of drug-likeness (QED) is 0.686. The van der Waals surface area contributed by atoms with Crippen LogP contribution in [0.4, 0.5) is 4.79 Å². The lowest BCUT2D eigenvalue weighted by molar-refractivity contribution is -0.159. The lowest BCUT2D eigenvalue weighted by Gasteiger charge is -2.32. The van der Waals surface area contributed by atoms with E-state index in [1.165, 1.54) is 4.90 Å². The van der Waals surface area contributed by atoms with Crippen LogP contribution in [0, 0.1) is 0 Å². The van der Waals surface area contributed by atoms with Crippen LogP contribution in [0.2, 0.25) is 0 Å². The maximum atomic E-state index is 11.0. The van der Waals surface area contributed by atoms with Gasteiger partial charge in [-0.25, -0.2) is 4.79 Å². The summed E-state index contributed by atoms with van der Waals surface area (Å²) >= 11 is 0. The number of rotatable bonds is 2. The zero-order valence-corrected chi connectivity index (χ0v) is 8.23. The molecule has 80 valence electrons. The number of amides is 1. The van der Waals surface area contributed by atoms with Crippen molar-refractivity contribution >= 4 is 12.1 Å². The van der Waals surface area contributed by atoms with Crippen LogP contribution in [0.15, 0.2) is 0 Å². The van der Waals surface area contributed by atoms with Crippen LogP contribution in [0.1, 0.15) is 32.6 Å². The van der Waals surface area contributed by atoms with Crippen molar-refractivity contribution in [3.63, 3.8) is 0 Å². The second-order valence-corrected chi connectivity index (χ2v) is 3.27. The van der Waals surface area contributed by atoms with Gasteiger partial charge >= 0.3 is 12.1 Å². The van der Waals surface area contributed by atoms with E-state index in [-0.39, 0.29) is 12.4 Å². The van der Waals surface area contributed by atoms with Crippen LogP contribution in [0.5, 0.6) is 0 Å². The Balaban J connectivity index is 2.54. The SMILES string of the molecule is CCC(=O)OC1CCCCN1C(=O)O. The molecular weight excluding hydrogens is 186 g/mol. The molecule has 0 saturated carbocycles.